The molecule has 0 saturated heterocycles. The van der Waals surface area contributed by atoms with Gasteiger partial charge in [-0.05, 0) is 36.4 Å². The molecule has 4 aromatic rings. The van der Waals surface area contributed by atoms with Crippen LogP contribution in [0.5, 0.6) is 0 Å². The highest BCUT2D eigenvalue weighted by atomic mass is 15.1. The van der Waals surface area contributed by atoms with Crippen molar-refractivity contribution in [2.75, 3.05) is 23.7 Å². The SMILES string of the molecule is N#Cc1ccc(NCCNc2nc(-c3cccc(C#N)c3)nc3ccccc23)nc1. The number of pyridine rings is 1. The van der Waals surface area contributed by atoms with Crippen LogP contribution in [0.4, 0.5) is 11.6 Å². The summed E-state index contributed by atoms with van der Waals surface area (Å²) in [6, 6.07) is 22.8. The average molecular weight is 391 g/mol. The number of anilines is 2. The van der Waals surface area contributed by atoms with Crippen molar-refractivity contribution in [3.05, 3.63) is 78.0 Å². The third kappa shape index (κ3) is 4.16. The molecule has 0 amide bonds. The van der Waals surface area contributed by atoms with Gasteiger partial charge in [0.15, 0.2) is 5.82 Å². The molecule has 4 rings (SSSR count). The van der Waals surface area contributed by atoms with Gasteiger partial charge in [-0.25, -0.2) is 15.0 Å². The van der Waals surface area contributed by atoms with Gasteiger partial charge < -0.3 is 10.6 Å². The third-order valence-corrected chi connectivity index (χ3v) is 4.47. The number of nitrogens with zero attached hydrogens (tertiary/aromatic N) is 5. The molecule has 0 aliphatic rings. The van der Waals surface area contributed by atoms with Gasteiger partial charge in [-0.3, -0.25) is 0 Å². The van der Waals surface area contributed by atoms with Crippen molar-refractivity contribution in [2.45, 2.75) is 0 Å². The van der Waals surface area contributed by atoms with Crippen LogP contribution in [0.1, 0.15) is 11.1 Å². The lowest BCUT2D eigenvalue weighted by molar-refractivity contribution is 1.04. The predicted molar refractivity (Wildman–Crippen MR) is 116 cm³/mol. The smallest absolute Gasteiger partial charge is 0.162 e. The van der Waals surface area contributed by atoms with Gasteiger partial charge in [0.2, 0.25) is 0 Å². The molecule has 0 fully saturated rings. The highest BCUT2D eigenvalue weighted by Gasteiger charge is 2.09. The molecule has 2 aromatic heterocycles. The van der Waals surface area contributed by atoms with Crippen molar-refractivity contribution in [2.24, 2.45) is 0 Å². The summed E-state index contributed by atoms with van der Waals surface area (Å²) in [4.78, 5) is 13.6. The molecule has 0 bridgehead atoms. The van der Waals surface area contributed by atoms with E-state index in [-0.39, 0.29) is 0 Å². The maximum atomic E-state index is 9.17. The van der Waals surface area contributed by atoms with Gasteiger partial charge in [-0.1, -0.05) is 24.3 Å². The van der Waals surface area contributed by atoms with E-state index in [0.29, 0.717) is 35.9 Å². The number of nitriles is 2. The van der Waals surface area contributed by atoms with Crippen LogP contribution in [0.2, 0.25) is 0 Å². The van der Waals surface area contributed by atoms with E-state index in [1.165, 1.54) is 6.20 Å². The van der Waals surface area contributed by atoms with Crippen LogP contribution in [0.3, 0.4) is 0 Å². The summed E-state index contributed by atoms with van der Waals surface area (Å²) in [5, 5.41) is 25.5. The maximum Gasteiger partial charge on any atom is 0.162 e. The number of hydrogen-bond donors (Lipinski definition) is 2. The standard InChI is InChI=1S/C23H17N7/c24-13-16-4-3-5-18(12-16)22-29-20-7-2-1-6-19(20)23(30-22)27-11-10-26-21-9-8-17(14-25)15-28-21/h1-9,12,15H,10-11H2,(H,26,28)(H,27,29,30). The van der Waals surface area contributed by atoms with Gasteiger partial charge in [0.1, 0.15) is 17.7 Å². The second-order valence-corrected chi connectivity index (χ2v) is 6.50. The van der Waals surface area contributed by atoms with Crippen molar-refractivity contribution in [1.29, 1.82) is 10.5 Å². The van der Waals surface area contributed by atoms with Crippen molar-refractivity contribution >= 4 is 22.5 Å². The molecule has 144 valence electrons. The Balaban J connectivity index is 1.53. The lowest BCUT2D eigenvalue weighted by Crippen LogP contribution is -2.15. The molecule has 7 nitrogen and oxygen atoms in total. The first-order valence-corrected chi connectivity index (χ1v) is 9.38. The second-order valence-electron chi connectivity index (χ2n) is 6.50. The molecule has 0 unspecified atom stereocenters. The van der Waals surface area contributed by atoms with Gasteiger partial charge >= 0.3 is 0 Å². The molecule has 2 N–H and O–H groups in total. The molecule has 7 heteroatoms. The minimum absolute atomic E-state index is 0.527. The Morgan fingerprint density at radius 3 is 2.43 bits per heavy atom. The predicted octanol–water partition coefficient (Wildman–Crippen LogP) is 3.96. The Bertz CT molecular complexity index is 1270. The fraction of sp³-hybridized carbons (Fsp3) is 0.0870. The van der Waals surface area contributed by atoms with E-state index >= 15 is 0 Å². The molecule has 0 radical (unpaired) electrons. The largest absolute Gasteiger partial charge is 0.368 e. The molecule has 0 aliphatic heterocycles. The Morgan fingerprint density at radius 2 is 1.63 bits per heavy atom. The summed E-state index contributed by atoms with van der Waals surface area (Å²) in [6.07, 6.45) is 1.54. The van der Waals surface area contributed by atoms with Crippen molar-refractivity contribution < 1.29 is 0 Å². The molecule has 2 heterocycles. The zero-order chi connectivity index (χ0) is 20.8. The summed E-state index contributed by atoms with van der Waals surface area (Å²) < 4.78 is 0. The first-order chi connectivity index (χ1) is 14.8. The summed E-state index contributed by atoms with van der Waals surface area (Å²) in [5.74, 6) is 2.00. The van der Waals surface area contributed by atoms with Crippen LogP contribution in [0, 0.1) is 22.7 Å². The molecular formula is C23H17N7. The highest BCUT2D eigenvalue weighted by molar-refractivity contribution is 5.90. The lowest BCUT2D eigenvalue weighted by Gasteiger charge is -2.12. The molecule has 0 atom stereocenters. The molecule has 0 spiro atoms. The molecular weight excluding hydrogens is 374 g/mol. The second kappa shape index (κ2) is 8.68. The fourth-order valence-electron chi connectivity index (χ4n) is 3.00. The monoisotopic (exact) mass is 391 g/mol. The number of aromatic nitrogens is 3. The van der Waals surface area contributed by atoms with Gasteiger partial charge in [0, 0.05) is 30.2 Å². The number of fused-ring (bicyclic) bond motifs is 1. The number of benzene rings is 2. The van der Waals surface area contributed by atoms with Gasteiger partial charge in [-0.15, -0.1) is 0 Å². The normalized spacial score (nSPS) is 10.2. The minimum atomic E-state index is 0.527. The number of nitrogens with one attached hydrogen (secondary N) is 2. The maximum absolute atomic E-state index is 9.17. The summed E-state index contributed by atoms with van der Waals surface area (Å²) in [6.45, 7) is 1.23. The van der Waals surface area contributed by atoms with E-state index in [4.69, 9.17) is 10.2 Å². The molecule has 0 aliphatic carbocycles. The minimum Gasteiger partial charge on any atom is -0.368 e. The highest BCUT2D eigenvalue weighted by Crippen LogP contribution is 2.25. The van der Waals surface area contributed by atoms with Crippen LogP contribution in [-0.4, -0.2) is 28.0 Å². The van der Waals surface area contributed by atoms with E-state index in [1.54, 1.807) is 24.3 Å². The molecule has 2 aromatic carbocycles. The van der Waals surface area contributed by atoms with Crippen LogP contribution in [-0.2, 0) is 0 Å². The number of hydrogen-bond acceptors (Lipinski definition) is 7. The van der Waals surface area contributed by atoms with E-state index < -0.39 is 0 Å². The first-order valence-electron chi connectivity index (χ1n) is 9.38. The van der Waals surface area contributed by atoms with Crippen LogP contribution in [0.25, 0.3) is 22.3 Å². The molecule has 0 saturated carbocycles. The lowest BCUT2D eigenvalue weighted by atomic mass is 10.1. The topological polar surface area (TPSA) is 110 Å². The van der Waals surface area contributed by atoms with Crippen molar-refractivity contribution in [1.82, 2.24) is 15.0 Å². The first kappa shape index (κ1) is 18.9. The van der Waals surface area contributed by atoms with Crippen LogP contribution < -0.4 is 10.6 Å². The Morgan fingerprint density at radius 1 is 0.800 bits per heavy atom. The van der Waals surface area contributed by atoms with E-state index in [2.05, 4.69) is 32.7 Å². The summed E-state index contributed by atoms with van der Waals surface area (Å²) in [7, 11) is 0. The van der Waals surface area contributed by atoms with Crippen molar-refractivity contribution in [3.63, 3.8) is 0 Å². The fourth-order valence-corrected chi connectivity index (χ4v) is 3.00. The van der Waals surface area contributed by atoms with Crippen LogP contribution >= 0.6 is 0 Å². The Labute approximate surface area is 173 Å². The number of rotatable bonds is 6. The van der Waals surface area contributed by atoms with E-state index in [0.717, 1.165) is 22.3 Å². The van der Waals surface area contributed by atoms with Gasteiger partial charge in [0.25, 0.3) is 0 Å². The molecule has 30 heavy (non-hydrogen) atoms. The van der Waals surface area contributed by atoms with E-state index in [1.807, 2.05) is 36.4 Å². The van der Waals surface area contributed by atoms with Gasteiger partial charge in [-0.2, -0.15) is 10.5 Å². The Hall–Kier alpha value is -4.49. The van der Waals surface area contributed by atoms with Crippen LogP contribution in [0.15, 0.2) is 66.9 Å². The summed E-state index contributed by atoms with van der Waals surface area (Å²) >= 11 is 0. The zero-order valence-electron chi connectivity index (χ0n) is 16.0. The third-order valence-electron chi connectivity index (χ3n) is 4.47. The number of para-hydroxylation sites is 1. The van der Waals surface area contributed by atoms with Crippen molar-refractivity contribution in [3.8, 4) is 23.5 Å². The Kier molecular flexibility index (Phi) is 5.45. The zero-order valence-corrected chi connectivity index (χ0v) is 16.0. The summed E-state index contributed by atoms with van der Waals surface area (Å²) in [5.41, 5.74) is 2.72. The van der Waals surface area contributed by atoms with E-state index in [9.17, 15) is 5.26 Å². The average Bonchev–Trinajstić information content (AvgIpc) is 2.82. The van der Waals surface area contributed by atoms with Gasteiger partial charge in [0.05, 0.1) is 22.7 Å². The quantitative estimate of drug-likeness (QED) is 0.479.